The van der Waals surface area contributed by atoms with Gasteiger partial charge in [-0.3, -0.25) is 0 Å². The van der Waals surface area contributed by atoms with Crippen LogP contribution in [0.2, 0.25) is 0 Å². The number of hydrogen-bond acceptors (Lipinski definition) is 4. The zero-order valence-electron chi connectivity index (χ0n) is 13.6. The van der Waals surface area contributed by atoms with Gasteiger partial charge in [-0.1, -0.05) is 71.0 Å². The Labute approximate surface area is 137 Å². The molecule has 0 N–H and O–H groups in total. The van der Waals surface area contributed by atoms with Crippen LogP contribution in [0, 0.1) is 0 Å². The van der Waals surface area contributed by atoms with Crippen molar-refractivity contribution in [3.8, 4) is 0 Å². The molecule has 0 aromatic heterocycles. The second kappa shape index (κ2) is 9.41. The smallest absolute Gasteiger partial charge is 0.142 e. The van der Waals surface area contributed by atoms with Crippen LogP contribution in [0.1, 0.15) is 31.4 Å². The number of benzene rings is 2. The molecule has 0 bridgehead atoms. The Morgan fingerprint density at radius 2 is 1.09 bits per heavy atom. The lowest BCUT2D eigenvalue weighted by molar-refractivity contribution is 0.128. The second-order valence-corrected chi connectivity index (χ2v) is 5.35. The minimum atomic E-state index is 0.471. The molecule has 0 atom stereocenters. The normalized spacial score (nSPS) is 12.1. The fourth-order valence-corrected chi connectivity index (χ4v) is 2.02. The summed E-state index contributed by atoms with van der Waals surface area (Å²) in [4.78, 5) is 10.7. The molecule has 0 fully saturated rings. The molecule has 4 nitrogen and oxygen atoms in total. The van der Waals surface area contributed by atoms with Gasteiger partial charge < -0.3 is 9.68 Å². The van der Waals surface area contributed by atoms with Crippen LogP contribution in [0.25, 0.3) is 0 Å². The SMILES string of the molecule is C/C(C/C(C)=N/OCc1ccccc1)=N\OCc1ccccc1. The molecule has 0 aliphatic carbocycles. The number of oxime groups is 2. The monoisotopic (exact) mass is 310 g/mol. The van der Waals surface area contributed by atoms with Crippen molar-refractivity contribution in [3.05, 3.63) is 71.8 Å². The molecule has 120 valence electrons. The van der Waals surface area contributed by atoms with Crippen LogP contribution < -0.4 is 0 Å². The third kappa shape index (κ3) is 6.78. The van der Waals surface area contributed by atoms with Crippen molar-refractivity contribution >= 4 is 11.4 Å². The molecule has 0 saturated carbocycles. The molecule has 2 aromatic carbocycles. The van der Waals surface area contributed by atoms with E-state index in [2.05, 4.69) is 10.3 Å². The standard InChI is InChI=1S/C19H22N2O2/c1-16(20-22-14-18-9-5-3-6-10-18)13-17(2)21-23-15-19-11-7-4-8-12-19/h3-12H,13-15H2,1-2H3/b20-16+,21-17+. The predicted octanol–water partition coefficient (Wildman–Crippen LogP) is 4.56. The van der Waals surface area contributed by atoms with Gasteiger partial charge in [0, 0.05) is 6.42 Å². The first-order chi connectivity index (χ1) is 11.2. The van der Waals surface area contributed by atoms with Gasteiger partial charge in [-0.25, -0.2) is 0 Å². The molecule has 0 unspecified atom stereocenters. The molecule has 0 amide bonds. The summed E-state index contributed by atoms with van der Waals surface area (Å²) >= 11 is 0. The van der Waals surface area contributed by atoms with Gasteiger partial charge in [-0.15, -0.1) is 0 Å². The van der Waals surface area contributed by atoms with Gasteiger partial charge in [0.05, 0.1) is 11.4 Å². The first-order valence-corrected chi connectivity index (χ1v) is 7.63. The fourth-order valence-electron chi connectivity index (χ4n) is 2.02. The van der Waals surface area contributed by atoms with Crippen LogP contribution in [0.15, 0.2) is 71.0 Å². The fraction of sp³-hybridized carbons (Fsp3) is 0.263. The van der Waals surface area contributed by atoms with Crippen molar-refractivity contribution in [3.63, 3.8) is 0 Å². The Kier molecular flexibility index (Phi) is 6.85. The third-order valence-electron chi connectivity index (χ3n) is 3.10. The minimum Gasteiger partial charge on any atom is -0.391 e. The summed E-state index contributed by atoms with van der Waals surface area (Å²) in [5, 5.41) is 8.21. The Hall–Kier alpha value is -2.62. The van der Waals surface area contributed by atoms with Crippen LogP contribution in [-0.2, 0) is 22.9 Å². The van der Waals surface area contributed by atoms with Crippen molar-refractivity contribution in [2.24, 2.45) is 10.3 Å². The molecule has 0 radical (unpaired) electrons. The van der Waals surface area contributed by atoms with E-state index in [1.807, 2.05) is 74.5 Å². The summed E-state index contributed by atoms with van der Waals surface area (Å²) in [6, 6.07) is 19.9. The maximum absolute atomic E-state index is 5.35. The molecule has 0 aliphatic rings. The molecule has 4 heteroatoms. The van der Waals surface area contributed by atoms with E-state index in [1.165, 1.54) is 0 Å². The van der Waals surface area contributed by atoms with Crippen molar-refractivity contribution in [1.82, 2.24) is 0 Å². The van der Waals surface area contributed by atoms with E-state index >= 15 is 0 Å². The molecule has 2 aromatic rings. The molecule has 23 heavy (non-hydrogen) atoms. The summed E-state index contributed by atoms with van der Waals surface area (Å²) in [5.74, 6) is 0. The van der Waals surface area contributed by atoms with Gasteiger partial charge in [0.1, 0.15) is 13.2 Å². The van der Waals surface area contributed by atoms with Gasteiger partial charge >= 0.3 is 0 Å². The first kappa shape index (κ1) is 16.7. The van der Waals surface area contributed by atoms with Gasteiger partial charge in [0.15, 0.2) is 0 Å². The molecule has 2 rings (SSSR count). The lowest BCUT2D eigenvalue weighted by Gasteiger charge is -2.04. The van der Waals surface area contributed by atoms with Crippen LogP contribution in [0.4, 0.5) is 0 Å². The summed E-state index contributed by atoms with van der Waals surface area (Å²) < 4.78 is 0. The van der Waals surface area contributed by atoms with Crippen LogP contribution in [0.5, 0.6) is 0 Å². The van der Waals surface area contributed by atoms with Crippen LogP contribution in [0.3, 0.4) is 0 Å². The summed E-state index contributed by atoms with van der Waals surface area (Å²) in [7, 11) is 0. The topological polar surface area (TPSA) is 43.2 Å². The van der Waals surface area contributed by atoms with E-state index in [4.69, 9.17) is 9.68 Å². The molecule has 0 aliphatic heterocycles. The van der Waals surface area contributed by atoms with E-state index < -0.39 is 0 Å². The summed E-state index contributed by atoms with van der Waals surface area (Å²) in [6.07, 6.45) is 0.629. The average molecular weight is 310 g/mol. The van der Waals surface area contributed by atoms with Crippen LogP contribution in [-0.4, -0.2) is 11.4 Å². The van der Waals surface area contributed by atoms with E-state index in [0.29, 0.717) is 19.6 Å². The highest BCUT2D eigenvalue weighted by Gasteiger charge is 1.99. The molecular weight excluding hydrogens is 288 g/mol. The van der Waals surface area contributed by atoms with Crippen molar-refractivity contribution in [2.45, 2.75) is 33.5 Å². The molecular formula is C19H22N2O2. The van der Waals surface area contributed by atoms with Gasteiger partial charge in [-0.2, -0.15) is 0 Å². The lowest BCUT2D eigenvalue weighted by atomic mass is 10.2. The van der Waals surface area contributed by atoms with E-state index in [9.17, 15) is 0 Å². The van der Waals surface area contributed by atoms with Crippen molar-refractivity contribution in [2.75, 3.05) is 0 Å². The first-order valence-electron chi connectivity index (χ1n) is 7.63. The summed E-state index contributed by atoms with van der Waals surface area (Å²) in [6.45, 7) is 4.78. The Morgan fingerprint density at radius 1 is 0.696 bits per heavy atom. The Bertz CT molecular complexity index is 579. The highest BCUT2D eigenvalue weighted by atomic mass is 16.6. The zero-order chi connectivity index (χ0) is 16.3. The highest BCUT2D eigenvalue weighted by Crippen LogP contribution is 2.03. The zero-order valence-corrected chi connectivity index (χ0v) is 13.6. The van der Waals surface area contributed by atoms with Crippen molar-refractivity contribution < 1.29 is 9.68 Å². The Balaban J connectivity index is 1.71. The lowest BCUT2D eigenvalue weighted by Crippen LogP contribution is -2.03. The van der Waals surface area contributed by atoms with E-state index in [1.54, 1.807) is 0 Å². The van der Waals surface area contributed by atoms with Gasteiger partial charge in [-0.05, 0) is 25.0 Å². The highest BCUT2D eigenvalue weighted by molar-refractivity contribution is 6.01. The quantitative estimate of drug-likeness (QED) is 0.530. The van der Waals surface area contributed by atoms with Crippen molar-refractivity contribution in [1.29, 1.82) is 0 Å². The van der Waals surface area contributed by atoms with Crippen LogP contribution >= 0.6 is 0 Å². The van der Waals surface area contributed by atoms with E-state index in [0.717, 1.165) is 22.6 Å². The Morgan fingerprint density at radius 3 is 1.48 bits per heavy atom. The number of rotatable bonds is 8. The average Bonchev–Trinajstić information content (AvgIpc) is 2.57. The number of nitrogens with zero attached hydrogens (tertiary/aromatic N) is 2. The number of hydrogen-bond donors (Lipinski definition) is 0. The predicted molar refractivity (Wildman–Crippen MR) is 93.3 cm³/mol. The molecule has 0 saturated heterocycles. The minimum absolute atomic E-state index is 0.471. The van der Waals surface area contributed by atoms with Gasteiger partial charge in [0.2, 0.25) is 0 Å². The maximum atomic E-state index is 5.35. The molecule has 0 spiro atoms. The second-order valence-electron chi connectivity index (χ2n) is 5.35. The largest absolute Gasteiger partial charge is 0.391 e. The third-order valence-corrected chi connectivity index (χ3v) is 3.10. The summed E-state index contributed by atoms with van der Waals surface area (Å²) in [5.41, 5.74) is 3.93. The molecule has 0 heterocycles. The van der Waals surface area contributed by atoms with Gasteiger partial charge in [0.25, 0.3) is 0 Å². The van der Waals surface area contributed by atoms with E-state index in [-0.39, 0.29) is 0 Å². The maximum Gasteiger partial charge on any atom is 0.142 e.